The van der Waals surface area contributed by atoms with E-state index in [1.54, 1.807) is 0 Å². The molecule has 0 fully saturated rings. The quantitative estimate of drug-likeness (QED) is 0.751. The molecule has 3 rings (SSSR count). The van der Waals surface area contributed by atoms with Gasteiger partial charge in [0.15, 0.2) is 0 Å². The van der Waals surface area contributed by atoms with Crippen LogP contribution in [0.25, 0.3) is 10.9 Å². The highest BCUT2D eigenvalue weighted by Gasteiger charge is 2.12. The Hall–Kier alpha value is -2.23. The predicted molar refractivity (Wildman–Crippen MR) is 94.3 cm³/mol. The van der Waals surface area contributed by atoms with E-state index < -0.39 is 6.10 Å². The van der Waals surface area contributed by atoms with E-state index >= 15 is 0 Å². The number of hydrogen-bond donors (Lipinski definition) is 2. The second kappa shape index (κ2) is 6.90. The molecule has 0 aliphatic heterocycles. The number of aryl methyl sites for hydroxylation is 1. The van der Waals surface area contributed by atoms with Gasteiger partial charge in [-0.1, -0.05) is 48.0 Å². The maximum absolute atomic E-state index is 10.3. The topological polar surface area (TPSA) is 45.1 Å². The van der Waals surface area contributed by atoms with Gasteiger partial charge in [0.1, 0.15) is 0 Å². The van der Waals surface area contributed by atoms with Crippen LogP contribution in [-0.2, 0) is 0 Å². The van der Waals surface area contributed by atoms with Gasteiger partial charge in [-0.2, -0.15) is 0 Å². The average Bonchev–Trinajstić information content (AvgIpc) is 2.59. The zero-order chi connectivity index (χ0) is 16.2. The van der Waals surface area contributed by atoms with Crippen molar-refractivity contribution in [1.29, 1.82) is 0 Å². The lowest BCUT2D eigenvalue weighted by molar-refractivity contribution is 0.171. The van der Waals surface area contributed by atoms with Gasteiger partial charge in [-0.25, -0.2) is 0 Å². The van der Waals surface area contributed by atoms with Gasteiger partial charge in [0.05, 0.1) is 11.6 Å². The molecule has 3 aromatic rings. The summed E-state index contributed by atoms with van der Waals surface area (Å²) in [7, 11) is 0. The number of pyridine rings is 1. The number of aliphatic hydroxyl groups excluding tert-OH is 1. The van der Waals surface area contributed by atoms with Gasteiger partial charge in [-0.3, -0.25) is 4.98 Å². The van der Waals surface area contributed by atoms with Crippen LogP contribution in [0.15, 0.2) is 60.8 Å². The highest BCUT2D eigenvalue weighted by molar-refractivity contribution is 5.82. The lowest BCUT2D eigenvalue weighted by atomic mass is 10.0. The third-order valence-corrected chi connectivity index (χ3v) is 4.23. The van der Waals surface area contributed by atoms with Gasteiger partial charge < -0.3 is 10.4 Å². The van der Waals surface area contributed by atoms with E-state index in [1.807, 2.05) is 55.6 Å². The second-order valence-electron chi connectivity index (χ2n) is 5.97. The third-order valence-electron chi connectivity index (χ3n) is 4.23. The van der Waals surface area contributed by atoms with Crippen LogP contribution in [0.2, 0.25) is 0 Å². The average molecular weight is 306 g/mol. The number of fused-ring (bicyclic) bond motifs is 1. The third kappa shape index (κ3) is 3.58. The fourth-order valence-electron chi connectivity index (χ4n) is 2.81. The maximum Gasteiger partial charge on any atom is 0.0914 e. The van der Waals surface area contributed by atoms with Crippen LogP contribution in [0.1, 0.15) is 35.8 Å². The molecule has 0 radical (unpaired) electrons. The zero-order valence-electron chi connectivity index (χ0n) is 13.5. The summed E-state index contributed by atoms with van der Waals surface area (Å²) in [5, 5.41) is 14.9. The van der Waals surface area contributed by atoms with E-state index in [2.05, 4.69) is 29.4 Å². The van der Waals surface area contributed by atoms with Crippen molar-refractivity contribution in [1.82, 2.24) is 10.3 Å². The van der Waals surface area contributed by atoms with Crippen LogP contribution < -0.4 is 5.32 Å². The van der Waals surface area contributed by atoms with Gasteiger partial charge in [0, 0.05) is 24.2 Å². The lowest BCUT2D eigenvalue weighted by Gasteiger charge is -2.19. The van der Waals surface area contributed by atoms with Crippen molar-refractivity contribution < 1.29 is 5.11 Å². The summed E-state index contributed by atoms with van der Waals surface area (Å²) in [5.74, 6) is 0. The van der Waals surface area contributed by atoms with E-state index in [4.69, 9.17) is 0 Å². The van der Waals surface area contributed by atoms with Gasteiger partial charge in [0.2, 0.25) is 0 Å². The van der Waals surface area contributed by atoms with Crippen molar-refractivity contribution >= 4 is 10.9 Å². The van der Waals surface area contributed by atoms with Crippen molar-refractivity contribution in [3.05, 3.63) is 77.5 Å². The number of aromatic nitrogens is 1. The van der Waals surface area contributed by atoms with Gasteiger partial charge in [-0.05, 0) is 37.1 Å². The molecule has 1 heterocycles. The first kappa shape index (κ1) is 15.7. The van der Waals surface area contributed by atoms with Crippen molar-refractivity contribution in [2.45, 2.75) is 26.0 Å². The van der Waals surface area contributed by atoms with Crippen molar-refractivity contribution in [2.75, 3.05) is 6.54 Å². The van der Waals surface area contributed by atoms with E-state index in [-0.39, 0.29) is 6.04 Å². The Balaban J connectivity index is 1.71. The van der Waals surface area contributed by atoms with E-state index in [9.17, 15) is 5.11 Å². The maximum atomic E-state index is 10.3. The van der Waals surface area contributed by atoms with Crippen LogP contribution in [0.5, 0.6) is 0 Å². The number of hydrogen-bond acceptors (Lipinski definition) is 3. The fourth-order valence-corrected chi connectivity index (χ4v) is 2.81. The first-order valence-electron chi connectivity index (χ1n) is 7.97. The molecular weight excluding hydrogens is 284 g/mol. The van der Waals surface area contributed by atoms with Crippen LogP contribution in [-0.4, -0.2) is 16.6 Å². The SMILES string of the molecule is Cc1ccc(C(O)CNC(C)c2cccc3ncccc23)cc1. The van der Waals surface area contributed by atoms with Crippen molar-refractivity contribution in [2.24, 2.45) is 0 Å². The fraction of sp³-hybridized carbons (Fsp3) is 0.250. The van der Waals surface area contributed by atoms with Crippen LogP contribution in [0.3, 0.4) is 0 Å². The molecule has 0 saturated heterocycles. The van der Waals surface area contributed by atoms with Gasteiger partial charge >= 0.3 is 0 Å². The highest BCUT2D eigenvalue weighted by Crippen LogP contribution is 2.23. The normalized spacial score (nSPS) is 13.9. The minimum absolute atomic E-state index is 0.142. The number of nitrogens with one attached hydrogen (secondary N) is 1. The lowest BCUT2D eigenvalue weighted by Crippen LogP contribution is -2.24. The van der Waals surface area contributed by atoms with Gasteiger partial charge in [0.25, 0.3) is 0 Å². The molecule has 2 atom stereocenters. The molecule has 0 aliphatic rings. The molecule has 3 heteroatoms. The number of nitrogens with zero attached hydrogens (tertiary/aromatic N) is 1. The Bertz CT molecular complexity index is 778. The molecule has 1 aromatic heterocycles. The summed E-state index contributed by atoms with van der Waals surface area (Å²) in [4.78, 5) is 4.40. The molecule has 2 aromatic carbocycles. The number of aliphatic hydroxyl groups is 1. The van der Waals surface area contributed by atoms with Crippen LogP contribution in [0.4, 0.5) is 0 Å². The van der Waals surface area contributed by atoms with Crippen molar-refractivity contribution in [3.63, 3.8) is 0 Å². The Morgan fingerprint density at radius 2 is 1.83 bits per heavy atom. The largest absolute Gasteiger partial charge is 0.387 e. The first-order valence-corrected chi connectivity index (χ1v) is 7.97. The second-order valence-corrected chi connectivity index (χ2v) is 5.97. The van der Waals surface area contributed by atoms with E-state index in [1.165, 1.54) is 11.1 Å². The molecule has 3 nitrogen and oxygen atoms in total. The highest BCUT2D eigenvalue weighted by atomic mass is 16.3. The Kier molecular flexibility index (Phi) is 4.70. The smallest absolute Gasteiger partial charge is 0.0914 e. The first-order chi connectivity index (χ1) is 11.1. The molecule has 23 heavy (non-hydrogen) atoms. The van der Waals surface area contributed by atoms with Gasteiger partial charge in [-0.15, -0.1) is 0 Å². The summed E-state index contributed by atoms with van der Waals surface area (Å²) in [5.41, 5.74) is 4.34. The standard InChI is InChI=1S/C20H22N2O/c1-14-8-10-16(11-9-14)20(23)13-22-15(2)17-5-3-7-19-18(17)6-4-12-21-19/h3-12,15,20,22-23H,13H2,1-2H3. The summed E-state index contributed by atoms with van der Waals surface area (Å²) >= 11 is 0. The molecule has 0 spiro atoms. The Morgan fingerprint density at radius 3 is 2.61 bits per heavy atom. The molecular formula is C20H22N2O. The molecule has 0 aliphatic carbocycles. The van der Waals surface area contributed by atoms with E-state index in [0.29, 0.717) is 6.54 Å². The number of rotatable bonds is 5. The van der Waals surface area contributed by atoms with Crippen LogP contribution in [0, 0.1) is 6.92 Å². The molecule has 0 amide bonds. The van der Waals surface area contributed by atoms with Crippen LogP contribution >= 0.6 is 0 Å². The monoisotopic (exact) mass is 306 g/mol. The van der Waals surface area contributed by atoms with E-state index in [0.717, 1.165) is 16.5 Å². The summed E-state index contributed by atoms with van der Waals surface area (Å²) in [6.07, 6.45) is 1.30. The summed E-state index contributed by atoms with van der Waals surface area (Å²) < 4.78 is 0. The molecule has 0 saturated carbocycles. The predicted octanol–water partition coefficient (Wildman–Crippen LogP) is 3.93. The molecule has 118 valence electrons. The molecule has 2 unspecified atom stereocenters. The Labute approximate surface area is 137 Å². The minimum Gasteiger partial charge on any atom is -0.387 e. The summed E-state index contributed by atoms with van der Waals surface area (Å²) in [6, 6.07) is 18.4. The summed E-state index contributed by atoms with van der Waals surface area (Å²) in [6.45, 7) is 4.68. The minimum atomic E-state index is -0.508. The number of benzene rings is 2. The Morgan fingerprint density at radius 1 is 1.04 bits per heavy atom. The zero-order valence-corrected chi connectivity index (χ0v) is 13.5. The molecule has 0 bridgehead atoms. The van der Waals surface area contributed by atoms with Crippen molar-refractivity contribution in [3.8, 4) is 0 Å². The molecule has 2 N–H and O–H groups in total.